The lowest BCUT2D eigenvalue weighted by Crippen LogP contribution is -2.38. The van der Waals surface area contributed by atoms with Gasteiger partial charge in [0.1, 0.15) is 5.82 Å². The van der Waals surface area contributed by atoms with Gasteiger partial charge in [0.05, 0.1) is 13.2 Å². The summed E-state index contributed by atoms with van der Waals surface area (Å²) in [4.78, 5) is 20.0. The van der Waals surface area contributed by atoms with E-state index in [2.05, 4.69) is 58.1 Å². The van der Waals surface area contributed by atoms with Gasteiger partial charge in [-0.15, -0.1) is 0 Å². The topological polar surface area (TPSA) is 48.6 Å². The first kappa shape index (κ1) is 17.2. The minimum atomic E-state index is -0.0259. The normalized spacial score (nSPS) is 23.4. The number of nitrogens with one attached hydrogen (secondary N) is 1. The maximum atomic E-state index is 12.3. The van der Waals surface area contributed by atoms with E-state index in [1.165, 1.54) is 5.56 Å². The molecule has 0 spiro atoms. The van der Waals surface area contributed by atoms with Gasteiger partial charge in [0.25, 0.3) is 5.56 Å². The molecule has 2 aromatic rings. The van der Waals surface area contributed by atoms with Gasteiger partial charge in [0, 0.05) is 43.5 Å². The van der Waals surface area contributed by atoms with Crippen molar-refractivity contribution in [1.82, 2.24) is 4.98 Å². The number of benzene rings is 1. The van der Waals surface area contributed by atoms with Crippen LogP contribution in [0.1, 0.15) is 18.9 Å². The van der Waals surface area contributed by atoms with Crippen LogP contribution in [0.15, 0.2) is 47.3 Å². The van der Waals surface area contributed by atoms with Crippen molar-refractivity contribution in [2.75, 3.05) is 42.6 Å². The van der Waals surface area contributed by atoms with Crippen molar-refractivity contribution >= 4 is 11.5 Å². The third-order valence-electron chi connectivity index (χ3n) is 5.44. The molecule has 138 valence electrons. The van der Waals surface area contributed by atoms with Crippen molar-refractivity contribution in [2.45, 2.75) is 25.8 Å². The summed E-state index contributed by atoms with van der Waals surface area (Å²) >= 11 is 0. The number of ether oxygens (including phenoxy) is 1. The van der Waals surface area contributed by atoms with Crippen LogP contribution in [0.25, 0.3) is 0 Å². The summed E-state index contributed by atoms with van der Waals surface area (Å²) in [5.41, 5.74) is 2.33. The molecule has 4 rings (SSSR count). The molecule has 5 nitrogen and oxygen atoms in total. The first-order chi connectivity index (χ1) is 12.7. The van der Waals surface area contributed by atoms with Gasteiger partial charge in [-0.05, 0) is 24.3 Å². The quantitative estimate of drug-likeness (QED) is 0.918. The smallest absolute Gasteiger partial charge is 0.251 e. The number of pyridine rings is 1. The number of nitrogens with zero attached hydrogens (tertiary/aromatic N) is 2. The van der Waals surface area contributed by atoms with Crippen LogP contribution in [0.4, 0.5) is 11.5 Å². The average molecular weight is 353 g/mol. The Morgan fingerprint density at radius 3 is 2.69 bits per heavy atom. The van der Waals surface area contributed by atoms with E-state index >= 15 is 0 Å². The van der Waals surface area contributed by atoms with Gasteiger partial charge in [-0.25, -0.2) is 0 Å². The largest absolute Gasteiger partial charge is 0.378 e. The van der Waals surface area contributed by atoms with Crippen LogP contribution in [0.5, 0.6) is 0 Å². The van der Waals surface area contributed by atoms with E-state index in [1.54, 1.807) is 6.07 Å². The first-order valence-corrected chi connectivity index (χ1v) is 9.56. The molecule has 2 aliphatic heterocycles. The van der Waals surface area contributed by atoms with Crippen molar-refractivity contribution in [3.63, 3.8) is 0 Å². The van der Waals surface area contributed by atoms with Gasteiger partial charge in [-0.2, -0.15) is 0 Å². The van der Waals surface area contributed by atoms with Crippen LogP contribution < -0.4 is 15.4 Å². The highest BCUT2D eigenvalue weighted by molar-refractivity contribution is 5.56. The highest BCUT2D eigenvalue weighted by Gasteiger charge is 2.30. The zero-order chi connectivity index (χ0) is 17.9. The van der Waals surface area contributed by atoms with Gasteiger partial charge in [-0.3, -0.25) is 4.79 Å². The van der Waals surface area contributed by atoms with Crippen molar-refractivity contribution in [2.24, 2.45) is 5.92 Å². The molecule has 1 aromatic carbocycles. The molecule has 0 aliphatic carbocycles. The van der Waals surface area contributed by atoms with Crippen LogP contribution in [0.3, 0.4) is 0 Å². The molecule has 0 saturated carbocycles. The minimum Gasteiger partial charge on any atom is -0.378 e. The lowest BCUT2D eigenvalue weighted by molar-refractivity contribution is 0.122. The molecular weight excluding hydrogens is 326 g/mol. The summed E-state index contributed by atoms with van der Waals surface area (Å²) in [6, 6.07) is 14.9. The highest BCUT2D eigenvalue weighted by atomic mass is 16.5. The lowest BCUT2D eigenvalue weighted by Gasteiger charge is -2.31. The Morgan fingerprint density at radius 2 is 1.92 bits per heavy atom. The molecule has 0 radical (unpaired) electrons. The predicted octanol–water partition coefficient (Wildman–Crippen LogP) is 2.67. The van der Waals surface area contributed by atoms with Gasteiger partial charge >= 0.3 is 0 Å². The minimum absolute atomic E-state index is 0.0259. The monoisotopic (exact) mass is 353 g/mol. The first-order valence-electron chi connectivity index (χ1n) is 9.56. The number of anilines is 2. The third-order valence-corrected chi connectivity index (χ3v) is 5.44. The highest BCUT2D eigenvalue weighted by Crippen LogP contribution is 2.31. The van der Waals surface area contributed by atoms with Gasteiger partial charge in [0.15, 0.2) is 0 Å². The molecule has 1 aromatic heterocycles. The lowest BCUT2D eigenvalue weighted by atomic mass is 10.0. The molecule has 2 aliphatic rings. The number of hydrogen-bond acceptors (Lipinski definition) is 4. The number of aromatic nitrogens is 1. The van der Waals surface area contributed by atoms with E-state index < -0.39 is 0 Å². The summed E-state index contributed by atoms with van der Waals surface area (Å²) < 4.78 is 5.44. The fraction of sp³-hybridized carbons (Fsp3) is 0.476. The van der Waals surface area contributed by atoms with Crippen LogP contribution >= 0.6 is 0 Å². The Balaban J connectivity index is 1.60. The Hall–Kier alpha value is -2.27. The molecule has 0 bridgehead atoms. The molecule has 2 fully saturated rings. The molecule has 26 heavy (non-hydrogen) atoms. The second kappa shape index (κ2) is 7.54. The van der Waals surface area contributed by atoms with E-state index in [4.69, 9.17) is 4.74 Å². The Labute approximate surface area is 154 Å². The number of rotatable bonds is 4. The van der Waals surface area contributed by atoms with Gasteiger partial charge in [-0.1, -0.05) is 37.3 Å². The molecule has 0 unspecified atom stereocenters. The molecule has 2 atom stereocenters. The summed E-state index contributed by atoms with van der Waals surface area (Å²) in [7, 11) is 0. The maximum Gasteiger partial charge on any atom is 0.251 e. The second-order valence-electron chi connectivity index (χ2n) is 7.52. The Bertz CT molecular complexity index is 783. The van der Waals surface area contributed by atoms with Gasteiger partial charge in [0.2, 0.25) is 0 Å². The van der Waals surface area contributed by atoms with E-state index in [9.17, 15) is 4.79 Å². The Morgan fingerprint density at radius 1 is 1.15 bits per heavy atom. The molecule has 2 saturated heterocycles. The number of H-pyrrole nitrogens is 1. The van der Waals surface area contributed by atoms with Crippen molar-refractivity contribution < 1.29 is 4.74 Å². The summed E-state index contributed by atoms with van der Waals surface area (Å²) in [5.74, 6) is 1.57. The van der Waals surface area contributed by atoms with Crippen LogP contribution in [0, 0.1) is 5.92 Å². The van der Waals surface area contributed by atoms with Crippen LogP contribution in [-0.4, -0.2) is 43.9 Å². The third kappa shape index (κ3) is 3.78. The summed E-state index contributed by atoms with van der Waals surface area (Å²) in [6.45, 7) is 6.40. The SMILES string of the molecule is C[C@@H]1C[C@H](Cc2ccccc2)N(c2cc(N3CCOCC3)cc(=O)[nH]2)C1. The van der Waals surface area contributed by atoms with Crippen molar-refractivity contribution in [1.29, 1.82) is 0 Å². The summed E-state index contributed by atoms with van der Waals surface area (Å²) in [6.07, 6.45) is 2.16. The van der Waals surface area contributed by atoms with Crippen LogP contribution in [-0.2, 0) is 11.2 Å². The molecule has 3 heterocycles. The average Bonchev–Trinajstić information content (AvgIpc) is 3.03. The maximum absolute atomic E-state index is 12.3. The van der Waals surface area contributed by atoms with Crippen molar-refractivity contribution in [3.8, 4) is 0 Å². The van der Waals surface area contributed by atoms with Crippen LogP contribution in [0.2, 0.25) is 0 Å². The predicted molar refractivity (Wildman–Crippen MR) is 105 cm³/mol. The summed E-state index contributed by atoms with van der Waals surface area (Å²) in [5, 5.41) is 0. The molecule has 1 N–H and O–H groups in total. The van der Waals surface area contributed by atoms with E-state index in [0.717, 1.165) is 57.2 Å². The van der Waals surface area contributed by atoms with Gasteiger partial charge < -0.3 is 19.5 Å². The van der Waals surface area contributed by atoms with Crippen molar-refractivity contribution in [3.05, 3.63) is 58.4 Å². The standard InChI is InChI=1S/C21H27N3O2/c1-16-11-19(12-17-5-3-2-4-6-17)24(15-16)20-13-18(14-21(25)22-20)23-7-9-26-10-8-23/h2-6,13-14,16,19H,7-12,15H2,1H3,(H,22,25)/t16-,19-/m1/s1. The number of hydrogen-bond donors (Lipinski definition) is 1. The zero-order valence-corrected chi connectivity index (χ0v) is 15.4. The van der Waals surface area contributed by atoms with E-state index in [-0.39, 0.29) is 5.56 Å². The van der Waals surface area contributed by atoms with E-state index in [1.807, 2.05) is 0 Å². The number of morpholine rings is 1. The molecule has 0 amide bonds. The fourth-order valence-electron chi connectivity index (χ4n) is 4.20. The molecular formula is C21H27N3O2. The Kier molecular flexibility index (Phi) is 4.98. The molecule has 5 heteroatoms. The zero-order valence-electron chi connectivity index (χ0n) is 15.4. The second-order valence-corrected chi connectivity index (χ2v) is 7.52. The van der Waals surface area contributed by atoms with E-state index in [0.29, 0.717) is 12.0 Å². The fourth-order valence-corrected chi connectivity index (χ4v) is 4.20. The number of aromatic amines is 1.